The summed E-state index contributed by atoms with van der Waals surface area (Å²) < 4.78 is 5.25. The van der Waals surface area contributed by atoms with Crippen molar-refractivity contribution in [3.8, 4) is 0 Å². The Morgan fingerprint density at radius 1 is 0.818 bits per heavy atom. The van der Waals surface area contributed by atoms with Gasteiger partial charge in [0.25, 0.3) is 0 Å². The largest absolute Gasteiger partial charge is 0.380 e. The second kappa shape index (κ2) is 19.0. The van der Waals surface area contributed by atoms with Gasteiger partial charge in [-0.25, -0.2) is 0 Å². The molecule has 0 unspecified atom stereocenters. The third kappa shape index (κ3) is 20.0. The molecule has 134 valence electrons. The maximum Gasteiger partial charge on any atom is 0.137 e. The molecule has 22 heavy (non-hydrogen) atoms. The summed E-state index contributed by atoms with van der Waals surface area (Å²) in [7, 11) is 0. The second-order valence-electron chi connectivity index (χ2n) is 5.34. The molecule has 3 nitrogen and oxygen atoms in total. The molecule has 0 aliphatic carbocycles. The SMILES string of the molecule is C.CSCCC(=O)C(C)C.CSCCOCCC(=O)C(C)C. The Balaban J connectivity index is -0.000000326. The van der Waals surface area contributed by atoms with Gasteiger partial charge in [-0.05, 0) is 18.3 Å². The molecule has 0 saturated heterocycles. The van der Waals surface area contributed by atoms with Crippen molar-refractivity contribution in [1.29, 1.82) is 0 Å². The fourth-order valence-corrected chi connectivity index (χ4v) is 1.89. The van der Waals surface area contributed by atoms with Gasteiger partial charge in [-0.15, -0.1) is 0 Å². The Morgan fingerprint density at radius 2 is 1.27 bits per heavy atom. The molecule has 0 heterocycles. The van der Waals surface area contributed by atoms with Crippen LogP contribution in [0.15, 0.2) is 0 Å². The van der Waals surface area contributed by atoms with E-state index in [4.69, 9.17) is 4.74 Å². The first-order chi connectivity index (χ1) is 9.86. The molecule has 0 N–H and O–H groups in total. The minimum Gasteiger partial charge on any atom is -0.380 e. The third-order valence-corrected chi connectivity index (χ3v) is 3.95. The van der Waals surface area contributed by atoms with Crippen molar-refractivity contribution in [2.75, 3.05) is 37.2 Å². The van der Waals surface area contributed by atoms with Gasteiger partial charge in [0, 0.05) is 30.4 Å². The minimum atomic E-state index is 0. The molecule has 0 fully saturated rings. The smallest absolute Gasteiger partial charge is 0.137 e. The molecule has 0 aromatic carbocycles. The van der Waals surface area contributed by atoms with Crippen molar-refractivity contribution in [2.45, 2.75) is 48.0 Å². The first-order valence-electron chi connectivity index (χ1n) is 7.47. The van der Waals surface area contributed by atoms with Crippen LogP contribution in [0.5, 0.6) is 0 Å². The van der Waals surface area contributed by atoms with Crippen LogP contribution in [0.25, 0.3) is 0 Å². The van der Waals surface area contributed by atoms with Gasteiger partial charge in [0.05, 0.1) is 13.2 Å². The molecule has 0 rings (SSSR count). The fraction of sp³-hybridized carbons (Fsp3) is 0.882. The van der Waals surface area contributed by atoms with Gasteiger partial charge >= 0.3 is 0 Å². The van der Waals surface area contributed by atoms with Crippen LogP contribution in [0, 0.1) is 11.8 Å². The number of thioether (sulfide) groups is 2. The van der Waals surface area contributed by atoms with Crippen LogP contribution in [-0.4, -0.2) is 48.8 Å². The number of ether oxygens (including phenoxy) is 1. The van der Waals surface area contributed by atoms with Crippen molar-refractivity contribution in [2.24, 2.45) is 11.8 Å². The van der Waals surface area contributed by atoms with E-state index in [1.54, 1.807) is 23.5 Å². The highest BCUT2D eigenvalue weighted by molar-refractivity contribution is 7.98. The summed E-state index contributed by atoms with van der Waals surface area (Å²) in [5, 5.41) is 0. The zero-order chi connectivity index (χ0) is 16.7. The first-order valence-corrected chi connectivity index (χ1v) is 10.3. The van der Waals surface area contributed by atoms with Gasteiger partial charge in [-0.3, -0.25) is 9.59 Å². The van der Waals surface area contributed by atoms with Crippen LogP contribution in [-0.2, 0) is 14.3 Å². The molecule has 0 aliphatic heterocycles. The van der Waals surface area contributed by atoms with Crippen molar-refractivity contribution >= 4 is 35.1 Å². The molecular weight excluding hydrogens is 316 g/mol. The van der Waals surface area contributed by atoms with Gasteiger partial charge in [-0.2, -0.15) is 23.5 Å². The Labute approximate surface area is 146 Å². The standard InChI is InChI=1S/C9H18O2S.C7H14OS.CH4/c1-8(2)9(10)4-5-11-6-7-12-3;1-6(2)7(8)4-5-9-3;/h8H,4-7H2,1-3H3;6H,4-5H2,1-3H3;1H4. The number of Topliss-reactive ketones (excluding diaryl/α,β-unsaturated/α-hetero) is 2. The number of carbonyl (C=O) groups is 2. The Bertz CT molecular complexity index is 267. The lowest BCUT2D eigenvalue weighted by Crippen LogP contribution is -2.11. The predicted molar refractivity (Wildman–Crippen MR) is 103 cm³/mol. The van der Waals surface area contributed by atoms with Crippen molar-refractivity contribution in [1.82, 2.24) is 0 Å². The molecular formula is C17H36O3S2. The highest BCUT2D eigenvalue weighted by Crippen LogP contribution is 2.02. The molecule has 0 aromatic heterocycles. The van der Waals surface area contributed by atoms with Crippen LogP contribution >= 0.6 is 23.5 Å². The van der Waals surface area contributed by atoms with Crippen molar-refractivity contribution in [3.05, 3.63) is 0 Å². The van der Waals surface area contributed by atoms with E-state index >= 15 is 0 Å². The molecule has 0 bridgehead atoms. The van der Waals surface area contributed by atoms with E-state index in [2.05, 4.69) is 0 Å². The number of carbonyl (C=O) groups excluding carboxylic acids is 2. The van der Waals surface area contributed by atoms with Gasteiger partial charge in [0.15, 0.2) is 0 Å². The van der Waals surface area contributed by atoms with Crippen LogP contribution in [0.1, 0.15) is 48.0 Å². The van der Waals surface area contributed by atoms with Gasteiger partial charge in [0.1, 0.15) is 11.6 Å². The van der Waals surface area contributed by atoms with Crippen LogP contribution in [0.3, 0.4) is 0 Å². The topological polar surface area (TPSA) is 43.4 Å². The highest BCUT2D eigenvalue weighted by Gasteiger charge is 2.06. The molecule has 0 saturated carbocycles. The Kier molecular flexibility index (Phi) is 23.3. The van der Waals surface area contributed by atoms with Crippen LogP contribution in [0.4, 0.5) is 0 Å². The average molecular weight is 353 g/mol. The summed E-state index contributed by atoms with van der Waals surface area (Å²) in [6.45, 7) is 9.07. The van der Waals surface area contributed by atoms with Gasteiger partial charge in [-0.1, -0.05) is 35.1 Å². The lowest BCUT2D eigenvalue weighted by molar-refractivity contribution is -0.123. The maximum atomic E-state index is 11.1. The molecule has 0 aliphatic rings. The monoisotopic (exact) mass is 352 g/mol. The number of rotatable bonds is 11. The molecule has 5 heteroatoms. The van der Waals surface area contributed by atoms with Crippen LogP contribution < -0.4 is 0 Å². The van der Waals surface area contributed by atoms with E-state index in [0.29, 0.717) is 24.6 Å². The first kappa shape index (κ1) is 26.9. The quantitative estimate of drug-likeness (QED) is 0.509. The Hall–Kier alpha value is -0.0000000000000000555. The molecule has 0 spiro atoms. The van der Waals surface area contributed by atoms with E-state index < -0.39 is 0 Å². The molecule has 0 aromatic rings. The number of ketones is 2. The summed E-state index contributed by atoms with van der Waals surface area (Å²) in [6, 6.07) is 0. The lowest BCUT2D eigenvalue weighted by Gasteiger charge is -2.04. The van der Waals surface area contributed by atoms with E-state index in [1.807, 2.05) is 40.2 Å². The summed E-state index contributed by atoms with van der Waals surface area (Å²) in [6.07, 6.45) is 5.36. The van der Waals surface area contributed by atoms with E-state index in [0.717, 1.165) is 24.5 Å². The highest BCUT2D eigenvalue weighted by atomic mass is 32.2. The Morgan fingerprint density at radius 3 is 1.68 bits per heavy atom. The van der Waals surface area contributed by atoms with Gasteiger partial charge in [0.2, 0.25) is 0 Å². The summed E-state index contributed by atoms with van der Waals surface area (Å²) in [5.41, 5.74) is 0. The van der Waals surface area contributed by atoms with E-state index in [-0.39, 0.29) is 19.3 Å². The lowest BCUT2D eigenvalue weighted by atomic mass is 10.1. The summed E-state index contributed by atoms with van der Waals surface area (Å²) in [5.74, 6) is 3.02. The third-order valence-electron chi connectivity index (χ3n) is 2.77. The molecule has 0 amide bonds. The minimum absolute atomic E-state index is 0. The fourth-order valence-electron chi connectivity index (χ4n) is 1.20. The number of hydrogen-bond donors (Lipinski definition) is 0. The second-order valence-corrected chi connectivity index (χ2v) is 7.31. The molecule has 0 atom stereocenters. The van der Waals surface area contributed by atoms with Crippen LogP contribution in [0.2, 0.25) is 0 Å². The summed E-state index contributed by atoms with van der Waals surface area (Å²) >= 11 is 3.48. The van der Waals surface area contributed by atoms with E-state index in [9.17, 15) is 9.59 Å². The summed E-state index contributed by atoms with van der Waals surface area (Å²) in [4.78, 5) is 22.0. The zero-order valence-electron chi connectivity index (χ0n) is 14.4. The average Bonchev–Trinajstić information content (AvgIpc) is 2.44. The van der Waals surface area contributed by atoms with Crippen molar-refractivity contribution in [3.63, 3.8) is 0 Å². The van der Waals surface area contributed by atoms with E-state index in [1.165, 1.54) is 0 Å². The zero-order valence-corrected chi connectivity index (χ0v) is 16.1. The predicted octanol–water partition coefficient (Wildman–Crippen LogP) is 4.58. The molecule has 0 radical (unpaired) electrons. The van der Waals surface area contributed by atoms with Gasteiger partial charge < -0.3 is 4.74 Å². The normalized spacial score (nSPS) is 10.0. The van der Waals surface area contributed by atoms with Crippen molar-refractivity contribution < 1.29 is 14.3 Å². The number of hydrogen-bond acceptors (Lipinski definition) is 5. The maximum absolute atomic E-state index is 11.1.